The van der Waals surface area contributed by atoms with E-state index in [1.165, 1.54) is 0 Å². The van der Waals surface area contributed by atoms with Gasteiger partial charge in [0.05, 0.1) is 80.3 Å². The molecule has 12 bridgehead atoms. The molecule has 62 heavy (non-hydrogen) atoms. The van der Waals surface area contributed by atoms with E-state index in [9.17, 15) is 0 Å². The average molecular weight is 957 g/mol. The van der Waals surface area contributed by atoms with Crippen LogP contribution >= 0.6 is 31.9 Å². The van der Waals surface area contributed by atoms with Gasteiger partial charge in [0.1, 0.15) is 23.0 Å². The van der Waals surface area contributed by atoms with E-state index in [0.29, 0.717) is 26.4 Å². The number of benzene rings is 2. The van der Waals surface area contributed by atoms with Crippen molar-refractivity contribution in [1.82, 2.24) is 19.9 Å². The molecule has 2 N–H and O–H groups in total. The van der Waals surface area contributed by atoms with E-state index in [2.05, 4.69) is 139 Å². The van der Waals surface area contributed by atoms with Crippen LogP contribution in [0.1, 0.15) is 99.8 Å². The summed E-state index contributed by atoms with van der Waals surface area (Å²) >= 11 is 7.97. The molecule has 0 aliphatic carbocycles. The number of H-pyrrole nitrogens is 2. The number of halogens is 2. The van der Waals surface area contributed by atoms with Gasteiger partial charge in [-0.25, -0.2) is 9.97 Å². The zero-order valence-electron chi connectivity index (χ0n) is 35.0. The van der Waals surface area contributed by atoms with E-state index in [-0.39, 0.29) is 0 Å². The van der Waals surface area contributed by atoms with Crippen LogP contribution in [0.5, 0.6) is 23.0 Å². The van der Waals surface area contributed by atoms with Gasteiger partial charge in [0.25, 0.3) is 0 Å². The predicted octanol–water partition coefficient (Wildman–Crippen LogP) is 14.9. The Morgan fingerprint density at radius 2 is 0.694 bits per heavy atom. The maximum atomic E-state index is 6.72. The Morgan fingerprint density at radius 3 is 1.05 bits per heavy atom. The second-order valence-corrected chi connectivity index (χ2v) is 17.5. The average Bonchev–Trinajstić information content (AvgIpc) is 4.14. The molecule has 2 aromatic carbocycles. The topological polar surface area (TPSA) is 94.3 Å². The summed E-state index contributed by atoms with van der Waals surface area (Å²) in [6.45, 7) is 2.35. The summed E-state index contributed by atoms with van der Waals surface area (Å²) in [6, 6.07) is 20.7. The highest BCUT2D eigenvalue weighted by Gasteiger charge is 2.24. The Labute approximate surface area is 380 Å². The number of nitrogens with one attached hydrogen (secondary N) is 2. The Balaban J connectivity index is 1.35. The van der Waals surface area contributed by atoms with Gasteiger partial charge in [0.15, 0.2) is 0 Å². The van der Waals surface area contributed by atoms with Crippen molar-refractivity contribution in [3.05, 3.63) is 117 Å². The molecule has 0 amide bonds. The van der Waals surface area contributed by atoms with Crippen molar-refractivity contribution in [2.24, 2.45) is 0 Å². The molecule has 318 valence electrons. The quantitative estimate of drug-likeness (QED) is 0.147. The van der Waals surface area contributed by atoms with E-state index in [1.54, 1.807) is 0 Å². The smallest absolute Gasteiger partial charge is 0.131 e. The van der Waals surface area contributed by atoms with E-state index >= 15 is 0 Å². The highest BCUT2D eigenvalue weighted by Crippen LogP contribution is 2.46. The van der Waals surface area contributed by atoms with Gasteiger partial charge in [-0.05, 0) is 182 Å². The number of aromatic nitrogens is 4. The fourth-order valence-electron chi connectivity index (χ4n) is 8.32. The van der Waals surface area contributed by atoms with Gasteiger partial charge in [-0.15, -0.1) is 0 Å². The predicted molar refractivity (Wildman–Crippen MR) is 261 cm³/mol. The normalized spacial score (nSPS) is 16.9. The molecule has 0 saturated heterocycles. The van der Waals surface area contributed by atoms with Crippen molar-refractivity contribution in [2.45, 2.75) is 77.0 Å². The minimum absolute atomic E-state index is 0.586. The molecule has 3 aromatic heterocycles. The van der Waals surface area contributed by atoms with Crippen molar-refractivity contribution in [3.8, 4) is 45.3 Å². The monoisotopic (exact) mass is 954 g/mol. The summed E-state index contributed by atoms with van der Waals surface area (Å²) < 4.78 is 28.6. The first-order valence-electron chi connectivity index (χ1n) is 22.2. The van der Waals surface area contributed by atoms with Crippen LogP contribution in [0.3, 0.4) is 0 Å². The van der Waals surface area contributed by atoms with Gasteiger partial charge < -0.3 is 28.9 Å². The van der Waals surface area contributed by atoms with Gasteiger partial charge in [-0.1, -0.05) is 36.4 Å². The van der Waals surface area contributed by atoms with E-state index in [0.717, 1.165) is 176 Å². The molecule has 0 saturated carbocycles. The van der Waals surface area contributed by atoms with E-state index < -0.39 is 0 Å². The largest absolute Gasteiger partial charge is 0.493 e. The Morgan fingerprint density at radius 1 is 0.371 bits per heavy atom. The second-order valence-electron chi connectivity index (χ2n) is 16.0. The van der Waals surface area contributed by atoms with Crippen LogP contribution in [0.15, 0.2) is 93.9 Å². The molecule has 0 fully saturated rings. The number of allylic oxidation sites excluding steroid dienone is 4. The third-order valence-electron chi connectivity index (χ3n) is 11.5. The van der Waals surface area contributed by atoms with Crippen LogP contribution in [0, 0.1) is 0 Å². The SMILES string of the molecule is Brc1c2nc(c3c4ccc([nH]4)c(Br)c4nc(c(c5ccc1[nH]5)-c1c5cccc1OCCCC/C=C/CCCCOc1cccc(c1-3)OCCCCC=CCCCCO5)C=C4)C=C2. The number of rotatable bonds is 0. The van der Waals surface area contributed by atoms with Crippen LogP contribution < -0.4 is 18.9 Å². The van der Waals surface area contributed by atoms with Crippen LogP contribution in [-0.4, -0.2) is 46.4 Å². The molecule has 10 heteroatoms. The maximum absolute atomic E-state index is 6.72. The first-order chi connectivity index (χ1) is 30.6. The number of ether oxygens (including phenoxy) is 4. The van der Waals surface area contributed by atoms with Crippen LogP contribution in [0.4, 0.5) is 0 Å². The van der Waals surface area contributed by atoms with Crippen LogP contribution in [0.2, 0.25) is 0 Å². The van der Waals surface area contributed by atoms with Crippen molar-refractivity contribution in [2.75, 3.05) is 26.4 Å². The summed E-state index contributed by atoms with van der Waals surface area (Å²) in [5.41, 5.74) is 10.2. The molecule has 0 spiro atoms. The first kappa shape index (κ1) is 42.0. The number of fused-ring (bicyclic) bond motifs is 20. The second kappa shape index (κ2) is 20.2. The standard InChI is InChI=1S/C52H52Br2N4O4/c53-51-39-27-23-35(55-39)47-36-24-28-40(56-36)52(54)42-30-26-38(58-42)48(37-25-29-41(51)57-37)50-44-20-18-22-46(50)62-34-16-12-8-4-3-7-11-15-33-61-45-21-17-19-43(49(45)47)59-31-13-9-5-1-2-6-10-14-32-60-44/h1-4,17-30,55,58H,5-16,31-34H2/b2-1+,4-3?,47-35?,47-36?,48-37?,48-38?,51-39?,51-41?,52-40?,52-42?. The van der Waals surface area contributed by atoms with Crippen molar-refractivity contribution in [3.63, 3.8) is 0 Å². The molecule has 6 aliphatic heterocycles. The van der Waals surface area contributed by atoms with Crippen molar-refractivity contribution >= 4 is 78.2 Å². The molecule has 0 radical (unpaired) electrons. The summed E-state index contributed by atoms with van der Waals surface area (Å²) in [5, 5.41) is 0. The molecular formula is C52H52Br2N4O4. The van der Waals surface area contributed by atoms with Gasteiger partial charge >= 0.3 is 0 Å². The molecule has 11 rings (SSSR count). The molecule has 6 aliphatic rings. The van der Waals surface area contributed by atoms with Gasteiger partial charge in [-0.3, -0.25) is 0 Å². The fourth-order valence-corrected chi connectivity index (χ4v) is 9.22. The van der Waals surface area contributed by atoms with Gasteiger partial charge in [0.2, 0.25) is 0 Å². The lowest BCUT2D eigenvalue weighted by Crippen LogP contribution is -2.03. The summed E-state index contributed by atoms with van der Waals surface area (Å²) in [4.78, 5) is 18.2. The minimum atomic E-state index is 0.586. The van der Waals surface area contributed by atoms with Gasteiger partial charge in [0, 0.05) is 22.2 Å². The number of hydrogen-bond acceptors (Lipinski definition) is 6. The molecule has 5 aromatic rings. The summed E-state index contributed by atoms with van der Waals surface area (Å²) in [7, 11) is 0. The summed E-state index contributed by atoms with van der Waals surface area (Å²) in [5.74, 6) is 3.08. The lowest BCUT2D eigenvalue weighted by molar-refractivity contribution is 0.294. The lowest BCUT2D eigenvalue weighted by Gasteiger charge is -2.17. The third kappa shape index (κ3) is 9.52. The highest BCUT2D eigenvalue weighted by molar-refractivity contribution is 9.11. The van der Waals surface area contributed by atoms with Crippen molar-refractivity contribution in [1.29, 1.82) is 0 Å². The van der Waals surface area contributed by atoms with E-state index in [1.807, 2.05) is 12.1 Å². The Hall–Kier alpha value is -5.32. The first-order valence-corrected chi connectivity index (χ1v) is 23.8. The van der Waals surface area contributed by atoms with Gasteiger partial charge in [-0.2, -0.15) is 0 Å². The Bertz CT molecular complexity index is 2460. The minimum Gasteiger partial charge on any atom is -0.493 e. The molecule has 0 unspecified atom stereocenters. The zero-order chi connectivity index (χ0) is 42.1. The molecular weight excluding hydrogens is 904 g/mol. The lowest BCUT2D eigenvalue weighted by atomic mass is 10.0. The molecule has 0 atom stereocenters. The number of nitrogens with zero attached hydrogens (tertiary/aromatic N) is 2. The summed E-state index contributed by atoms with van der Waals surface area (Å²) in [6.07, 6.45) is 29.4. The maximum Gasteiger partial charge on any atom is 0.131 e. The Kier molecular flexibility index (Phi) is 13.7. The molecule has 8 nitrogen and oxygen atoms in total. The van der Waals surface area contributed by atoms with Crippen molar-refractivity contribution < 1.29 is 18.9 Å². The number of hydrogen-bond donors (Lipinski definition) is 2. The molecule has 9 heterocycles. The van der Waals surface area contributed by atoms with Crippen LogP contribution in [0.25, 0.3) is 68.6 Å². The highest BCUT2D eigenvalue weighted by atomic mass is 79.9. The fraction of sp³-hybridized carbons (Fsp3) is 0.308. The van der Waals surface area contributed by atoms with Crippen LogP contribution in [-0.2, 0) is 0 Å². The number of aromatic amines is 2. The van der Waals surface area contributed by atoms with E-state index in [4.69, 9.17) is 28.9 Å². The third-order valence-corrected chi connectivity index (χ3v) is 13.2. The zero-order valence-corrected chi connectivity index (χ0v) is 38.2.